The Kier molecular flexibility index (Phi) is 5.38. The first kappa shape index (κ1) is 12.2. The molecule has 1 heteroatoms. The average molecular weight is 208 g/mol. The third-order valence-corrected chi connectivity index (χ3v) is 2.86. The lowest BCUT2D eigenvalue weighted by Crippen LogP contribution is -1.91. The quantitative estimate of drug-likeness (QED) is 0.597. The molecule has 0 heterocycles. The third kappa shape index (κ3) is 4.46. The molecule has 0 radical (unpaired) electrons. The molecule has 84 valence electrons. The highest BCUT2D eigenvalue weighted by Crippen LogP contribution is 2.14. The summed E-state index contributed by atoms with van der Waals surface area (Å²) in [5.74, 6) is -0.107. The van der Waals surface area contributed by atoms with Gasteiger partial charge in [-0.25, -0.2) is 4.39 Å². The Morgan fingerprint density at radius 3 is 2.53 bits per heavy atom. The molecule has 0 aliphatic rings. The van der Waals surface area contributed by atoms with Crippen molar-refractivity contribution in [3.8, 4) is 0 Å². The topological polar surface area (TPSA) is 0 Å². The van der Waals surface area contributed by atoms with Gasteiger partial charge < -0.3 is 0 Å². The molecule has 0 amide bonds. The van der Waals surface area contributed by atoms with Gasteiger partial charge in [0.25, 0.3) is 0 Å². The van der Waals surface area contributed by atoms with Crippen molar-refractivity contribution in [2.75, 3.05) is 0 Å². The van der Waals surface area contributed by atoms with E-state index < -0.39 is 0 Å². The molecule has 0 aliphatic carbocycles. The van der Waals surface area contributed by atoms with Crippen molar-refractivity contribution < 1.29 is 4.39 Å². The fourth-order valence-electron chi connectivity index (χ4n) is 1.83. The second kappa shape index (κ2) is 6.60. The van der Waals surface area contributed by atoms with Crippen LogP contribution in [0.2, 0.25) is 0 Å². The van der Waals surface area contributed by atoms with Crippen LogP contribution in [0.1, 0.15) is 50.2 Å². The maximum atomic E-state index is 13.0. The van der Waals surface area contributed by atoms with Crippen LogP contribution in [0.5, 0.6) is 0 Å². The number of aryl methyl sites for hydroxylation is 2. The smallest absolute Gasteiger partial charge is 0.123 e. The largest absolute Gasteiger partial charge is 0.207 e. The van der Waals surface area contributed by atoms with E-state index in [-0.39, 0.29) is 5.82 Å². The second-order valence-corrected chi connectivity index (χ2v) is 4.24. The minimum absolute atomic E-state index is 0.107. The summed E-state index contributed by atoms with van der Waals surface area (Å²) < 4.78 is 13.0. The van der Waals surface area contributed by atoms with Crippen molar-refractivity contribution in [1.29, 1.82) is 0 Å². The third-order valence-electron chi connectivity index (χ3n) is 2.86. The fourth-order valence-corrected chi connectivity index (χ4v) is 1.83. The van der Waals surface area contributed by atoms with Crippen LogP contribution in [0.15, 0.2) is 18.2 Å². The summed E-state index contributed by atoms with van der Waals surface area (Å²) in [4.78, 5) is 0. The molecular weight excluding hydrogens is 187 g/mol. The Hall–Kier alpha value is -0.850. The van der Waals surface area contributed by atoms with Gasteiger partial charge in [0.1, 0.15) is 5.82 Å². The van der Waals surface area contributed by atoms with E-state index in [1.165, 1.54) is 49.3 Å². The molecular formula is C14H21F. The lowest BCUT2D eigenvalue weighted by Gasteiger charge is -2.05. The first-order valence-electron chi connectivity index (χ1n) is 5.99. The van der Waals surface area contributed by atoms with E-state index >= 15 is 0 Å². The van der Waals surface area contributed by atoms with E-state index in [1.54, 1.807) is 6.07 Å². The molecule has 1 aromatic carbocycles. The van der Waals surface area contributed by atoms with Gasteiger partial charge in [0.15, 0.2) is 0 Å². The Balaban J connectivity index is 2.33. The zero-order valence-electron chi connectivity index (χ0n) is 9.85. The summed E-state index contributed by atoms with van der Waals surface area (Å²) in [5, 5.41) is 0. The van der Waals surface area contributed by atoms with Crippen LogP contribution >= 0.6 is 0 Å². The van der Waals surface area contributed by atoms with Crippen molar-refractivity contribution in [2.45, 2.75) is 52.4 Å². The van der Waals surface area contributed by atoms with Crippen molar-refractivity contribution in [1.82, 2.24) is 0 Å². The van der Waals surface area contributed by atoms with E-state index in [0.717, 1.165) is 6.42 Å². The maximum absolute atomic E-state index is 13.0. The molecule has 0 aliphatic heterocycles. The predicted molar refractivity (Wildman–Crippen MR) is 63.6 cm³/mol. The van der Waals surface area contributed by atoms with Crippen molar-refractivity contribution in [3.63, 3.8) is 0 Å². The summed E-state index contributed by atoms with van der Waals surface area (Å²) in [7, 11) is 0. The van der Waals surface area contributed by atoms with E-state index in [9.17, 15) is 4.39 Å². The van der Waals surface area contributed by atoms with Gasteiger partial charge in [-0.1, -0.05) is 38.7 Å². The van der Waals surface area contributed by atoms with Crippen LogP contribution in [0.3, 0.4) is 0 Å². The van der Waals surface area contributed by atoms with Crippen LogP contribution in [0.25, 0.3) is 0 Å². The zero-order valence-corrected chi connectivity index (χ0v) is 9.85. The lowest BCUT2D eigenvalue weighted by molar-refractivity contribution is 0.614. The molecule has 0 aromatic heterocycles. The van der Waals surface area contributed by atoms with Crippen LogP contribution in [-0.2, 0) is 6.42 Å². The number of unbranched alkanes of at least 4 members (excludes halogenated alkanes) is 4. The summed E-state index contributed by atoms with van der Waals surface area (Å²) in [6, 6.07) is 5.09. The van der Waals surface area contributed by atoms with Gasteiger partial charge in [-0.15, -0.1) is 0 Å². The van der Waals surface area contributed by atoms with Crippen LogP contribution in [0, 0.1) is 12.7 Å². The normalized spacial score (nSPS) is 10.6. The summed E-state index contributed by atoms with van der Waals surface area (Å²) in [6.45, 7) is 4.28. The Labute approximate surface area is 92.5 Å². The number of rotatable bonds is 6. The van der Waals surface area contributed by atoms with Gasteiger partial charge in [-0.2, -0.15) is 0 Å². The number of hydrogen-bond acceptors (Lipinski definition) is 0. The van der Waals surface area contributed by atoms with Crippen molar-refractivity contribution in [3.05, 3.63) is 35.1 Å². The second-order valence-electron chi connectivity index (χ2n) is 4.24. The van der Waals surface area contributed by atoms with Crippen LogP contribution < -0.4 is 0 Å². The van der Waals surface area contributed by atoms with Gasteiger partial charge in [-0.05, 0) is 43.0 Å². The fraction of sp³-hybridized carbons (Fsp3) is 0.571. The average Bonchev–Trinajstić information content (AvgIpc) is 2.23. The summed E-state index contributed by atoms with van der Waals surface area (Å²) in [6.07, 6.45) is 7.38. The lowest BCUT2D eigenvalue weighted by atomic mass is 10.0. The Bertz CT molecular complexity index is 291. The monoisotopic (exact) mass is 208 g/mol. The van der Waals surface area contributed by atoms with E-state index in [0.29, 0.717) is 0 Å². The van der Waals surface area contributed by atoms with E-state index in [1.807, 2.05) is 6.07 Å². The molecule has 15 heavy (non-hydrogen) atoms. The van der Waals surface area contributed by atoms with Crippen LogP contribution in [-0.4, -0.2) is 0 Å². The van der Waals surface area contributed by atoms with E-state index in [2.05, 4.69) is 13.8 Å². The molecule has 0 atom stereocenters. The number of halogens is 1. The van der Waals surface area contributed by atoms with Crippen LogP contribution in [0.4, 0.5) is 4.39 Å². The molecule has 0 saturated heterocycles. The Morgan fingerprint density at radius 1 is 1.07 bits per heavy atom. The number of benzene rings is 1. The first-order chi connectivity index (χ1) is 7.24. The SMILES string of the molecule is CCCCCCCc1cc(F)ccc1C. The molecule has 1 rings (SSSR count). The highest BCUT2D eigenvalue weighted by Gasteiger charge is 2.00. The molecule has 0 unspecified atom stereocenters. The van der Waals surface area contributed by atoms with Gasteiger partial charge in [-0.3, -0.25) is 0 Å². The highest BCUT2D eigenvalue weighted by molar-refractivity contribution is 5.26. The van der Waals surface area contributed by atoms with Gasteiger partial charge >= 0.3 is 0 Å². The molecule has 0 N–H and O–H groups in total. The highest BCUT2D eigenvalue weighted by atomic mass is 19.1. The summed E-state index contributed by atoms with van der Waals surface area (Å²) in [5.41, 5.74) is 2.39. The van der Waals surface area contributed by atoms with Gasteiger partial charge in [0.2, 0.25) is 0 Å². The molecule has 1 aromatic rings. The minimum Gasteiger partial charge on any atom is -0.207 e. The van der Waals surface area contributed by atoms with Crippen molar-refractivity contribution >= 4 is 0 Å². The minimum atomic E-state index is -0.107. The molecule has 0 nitrogen and oxygen atoms in total. The molecule has 0 saturated carbocycles. The van der Waals surface area contributed by atoms with Gasteiger partial charge in [0, 0.05) is 0 Å². The maximum Gasteiger partial charge on any atom is 0.123 e. The standard InChI is InChI=1S/C14H21F/c1-3-4-5-6-7-8-13-11-14(15)10-9-12(13)2/h9-11H,3-8H2,1-2H3. The molecule has 0 fully saturated rings. The predicted octanol–water partition coefficient (Wildman–Crippen LogP) is 4.65. The van der Waals surface area contributed by atoms with E-state index in [4.69, 9.17) is 0 Å². The molecule has 0 spiro atoms. The molecule has 0 bridgehead atoms. The summed E-state index contributed by atoms with van der Waals surface area (Å²) >= 11 is 0. The Morgan fingerprint density at radius 2 is 1.80 bits per heavy atom. The van der Waals surface area contributed by atoms with Crippen molar-refractivity contribution in [2.24, 2.45) is 0 Å². The number of hydrogen-bond donors (Lipinski definition) is 0. The first-order valence-corrected chi connectivity index (χ1v) is 5.99. The van der Waals surface area contributed by atoms with Gasteiger partial charge in [0.05, 0.1) is 0 Å². The zero-order chi connectivity index (χ0) is 11.1.